The lowest BCUT2D eigenvalue weighted by molar-refractivity contribution is -0.145. The maximum Gasteiger partial charge on any atom is 0.320 e. The minimum Gasteiger partial charge on any atom is -0.467 e. The van der Waals surface area contributed by atoms with Gasteiger partial charge >= 0.3 is 12.0 Å². The van der Waals surface area contributed by atoms with Crippen molar-refractivity contribution in [2.75, 3.05) is 51.4 Å². The molecule has 2 aromatic heterocycles. The summed E-state index contributed by atoms with van der Waals surface area (Å²) < 4.78 is 33.5. The number of nitrogens with zero attached hydrogens (tertiary/aromatic N) is 6. The number of esters is 1. The number of aromatic nitrogens is 4. The van der Waals surface area contributed by atoms with E-state index in [0.29, 0.717) is 38.0 Å². The van der Waals surface area contributed by atoms with Crippen molar-refractivity contribution in [3.8, 4) is 11.8 Å². The monoisotopic (exact) mass is 524 g/mol. The van der Waals surface area contributed by atoms with Crippen LogP contribution < -0.4 is 9.64 Å². The molecule has 0 aliphatic carbocycles. The number of likely N-dealkylation sites (tertiary alicyclic amines) is 1. The van der Waals surface area contributed by atoms with Gasteiger partial charge in [-0.1, -0.05) is 0 Å². The second kappa shape index (κ2) is 10.1. The fourth-order valence-electron chi connectivity index (χ4n) is 6.06. The van der Waals surface area contributed by atoms with Crippen molar-refractivity contribution in [1.29, 1.82) is 0 Å². The van der Waals surface area contributed by atoms with Gasteiger partial charge < -0.3 is 19.1 Å². The number of benzene rings is 1. The molecule has 0 saturated carbocycles. The standard InChI is InChI=1S/C27H33FN6O4/c1-4-37-26(35)14-32-6-5-20(22(28)13-32)21-9-23-17(7-16(21)2)11-29-34(23)25-10-24(30-27(31-25)36-3)33-12-19-8-18(33)15-38-19/h7,9-11,18-20,22H,4-6,8,12-15H2,1-3H3/t18-,19-,20?,22?/m1/s1. The molecule has 2 bridgehead atoms. The predicted molar refractivity (Wildman–Crippen MR) is 139 cm³/mol. The molecule has 0 radical (unpaired) electrons. The van der Waals surface area contributed by atoms with Crippen LogP contribution in [0.1, 0.15) is 36.8 Å². The predicted octanol–water partition coefficient (Wildman–Crippen LogP) is 2.80. The van der Waals surface area contributed by atoms with Gasteiger partial charge in [-0.3, -0.25) is 9.69 Å². The van der Waals surface area contributed by atoms with Gasteiger partial charge in [0, 0.05) is 30.5 Å². The molecule has 3 saturated heterocycles. The van der Waals surface area contributed by atoms with Crippen LogP contribution in [0, 0.1) is 6.92 Å². The highest BCUT2D eigenvalue weighted by Crippen LogP contribution is 2.36. The molecule has 3 aliphatic rings. The van der Waals surface area contributed by atoms with E-state index in [-0.39, 0.29) is 37.1 Å². The SMILES string of the molecule is CCOC(=O)CN1CCC(c2cc3c(cnn3-c3cc(N4C[C@H]5C[C@@H]4CO5)nc(OC)n3)cc2C)C(F)C1. The molecule has 6 rings (SSSR count). The fourth-order valence-corrected chi connectivity index (χ4v) is 6.06. The van der Waals surface area contributed by atoms with Crippen molar-refractivity contribution < 1.29 is 23.4 Å². The first-order chi connectivity index (χ1) is 18.4. The van der Waals surface area contributed by atoms with Gasteiger partial charge in [-0.05, 0) is 56.5 Å². The lowest BCUT2D eigenvalue weighted by Gasteiger charge is -2.35. The van der Waals surface area contributed by atoms with Crippen LogP contribution in [-0.4, -0.2) is 95.4 Å². The Morgan fingerprint density at radius 1 is 1.21 bits per heavy atom. The molecule has 38 heavy (non-hydrogen) atoms. The number of hydrogen-bond acceptors (Lipinski definition) is 9. The molecular formula is C27H33FN6O4. The summed E-state index contributed by atoms with van der Waals surface area (Å²) >= 11 is 0. The van der Waals surface area contributed by atoms with Crippen LogP contribution in [0.3, 0.4) is 0 Å². The number of morpholine rings is 1. The number of aryl methyl sites for hydroxylation is 1. The number of rotatable bonds is 7. The summed E-state index contributed by atoms with van der Waals surface area (Å²) in [5, 5.41) is 5.59. The van der Waals surface area contributed by atoms with Crippen LogP contribution in [0.15, 0.2) is 24.4 Å². The highest BCUT2D eigenvalue weighted by molar-refractivity contribution is 5.82. The third-order valence-corrected chi connectivity index (χ3v) is 7.91. The number of piperidine rings is 1. The van der Waals surface area contributed by atoms with E-state index in [4.69, 9.17) is 14.2 Å². The minimum absolute atomic E-state index is 0.119. The molecule has 5 heterocycles. The van der Waals surface area contributed by atoms with Crippen molar-refractivity contribution in [2.45, 2.75) is 50.9 Å². The maximum atomic E-state index is 15.5. The van der Waals surface area contributed by atoms with Gasteiger partial charge in [0.1, 0.15) is 12.0 Å². The number of hydrogen-bond donors (Lipinski definition) is 0. The zero-order chi connectivity index (χ0) is 26.4. The van der Waals surface area contributed by atoms with Crippen LogP contribution in [0.2, 0.25) is 0 Å². The first-order valence-corrected chi connectivity index (χ1v) is 13.3. The number of carbonyl (C=O) groups excluding carboxylic acids is 1. The van der Waals surface area contributed by atoms with Gasteiger partial charge in [-0.25, -0.2) is 9.07 Å². The Balaban J connectivity index is 1.30. The molecule has 4 atom stereocenters. The van der Waals surface area contributed by atoms with Crippen molar-refractivity contribution in [3.05, 3.63) is 35.5 Å². The summed E-state index contributed by atoms with van der Waals surface area (Å²) in [6.45, 7) is 6.56. The average molecular weight is 525 g/mol. The molecule has 0 amide bonds. The normalized spacial score (nSPS) is 25.3. The quantitative estimate of drug-likeness (QED) is 0.433. The van der Waals surface area contributed by atoms with Crippen LogP contribution in [0.25, 0.3) is 16.7 Å². The molecular weight excluding hydrogens is 491 g/mol. The molecule has 202 valence electrons. The highest BCUT2D eigenvalue weighted by Gasteiger charge is 2.40. The van der Waals surface area contributed by atoms with Crippen LogP contribution >= 0.6 is 0 Å². The first kappa shape index (κ1) is 25.0. The third-order valence-electron chi connectivity index (χ3n) is 7.91. The Labute approximate surface area is 220 Å². The second-order valence-corrected chi connectivity index (χ2v) is 10.3. The van der Waals surface area contributed by atoms with Gasteiger partial charge in [-0.2, -0.15) is 15.1 Å². The van der Waals surface area contributed by atoms with Gasteiger partial charge in [0.2, 0.25) is 0 Å². The smallest absolute Gasteiger partial charge is 0.320 e. The lowest BCUT2D eigenvalue weighted by atomic mass is 9.85. The van der Waals surface area contributed by atoms with E-state index >= 15 is 4.39 Å². The van der Waals surface area contributed by atoms with E-state index in [1.165, 1.54) is 0 Å². The number of anilines is 1. The van der Waals surface area contributed by atoms with Crippen LogP contribution in [0.4, 0.5) is 10.2 Å². The zero-order valence-electron chi connectivity index (χ0n) is 22.0. The highest BCUT2D eigenvalue weighted by atomic mass is 19.1. The van der Waals surface area contributed by atoms with Gasteiger partial charge in [0.15, 0.2) is 5.82 Å². The number of ether oxygens (including phenoxy) is 3. The third kappa shape index (κ3) is 4.58. The molecule has 2 unspecified atom stereocenters. The number of halogens is 1. The Morgan fingerprint density at radius 2 is 2.05 bits per heavy atom. The number of carbonyl (C=O) groups is 1. The van der Waals surface area contributed by atoms with Crippen molar-refractivity contribution in [1.82, 2.24) is 24.6 Å². The van der Waals surface area contributed by atoms with E-state index in [1.807, 2.05) is 24.0 Å². The lowest BCUT2D eigenvalue weighted by Crippen LogP contribution is -2.43. The van der Waals surface area contributed by atoms with E-state index in [2.05, 4.69) is 26.0 Å². The van der Waals surface area contributed by atoms with E-state index in [9.17, 15) is 4.79 Å². The van der Waals surface area contributed by atoms with Gasteiger partial charge in [-0.15, -0.1) is 0 Å². The van der Waals surface area contributed by atoms with Gasteiger partial charge in [0.05, 0.1) is 50.7 Å². The minimum atomic E-state index is -1.09. The topological polar surface area (TPSA) is 94.8 Å². The van der Waals surface area contributed by atoms with Crippen molar-refractivity contribution >= 4 is 22.7 Å². The molecule has 3 aromatic rings. The molecule has 0 N–H and O–H groups in total. The van der Waals surface area contributed by atoms with E-state index < -0.39 is 6.17 Å². The number of methoxy groups -OCH3 is 1. The summed E-state index contributed by atoms with van der Waals surface area (Å²) in [5.74, 6) is 0.809. The van der Waals surface area contributed by atoms with Crippen LogP contribution in [0.5, 0.6) is 6.01 Å². The molecule has 10 nitrogen and oxygen atoms in total. The molecule has 0 spiro atoms. The maximum absolute atomic E-state index is 15.5. The number of alkyl halides is 1. The Kier molecular flexibility index (Phi) is 6.65. The van der Waals surface area contributed by atoms with Crippen molar-refractivity contribution in [2.24, 2.45) is 0 Å². The summed E-state index contributed by atoms with van der Waals surface area (Å²) in [4.78, 5) is 25.2. The second-order valence-electron chi connectivity index (χ2n) is 10.3. The van der Waals surface area contributed by atoms with E-state index in [1.54, 1.807) is 24.9 Å². The summed E-state index contributed by atoms with van der Waals surface area (Å²) in [6.07, 6.45) is 2.56. The molecule has 1 aromatic carbocycles. The van der Waals surface area contributed by atoms with Gasteiger partial charge in [0.25, 0.3) is 0 Å². The van der Waals surface area contributed by atoms with Crippen molar-refractivity contribution in [3.63, 3.8) is 0 Å². The first-order valence-electron chi connectivity index (χ1n) is 13.3. The molecule has 3 aliphatic heterocycles. The average Bonchev–Trinajstić information content (AvgIpc) is 3.64. The fraction of sp³-hybridized carbons (Fsp3) is 0.556. The summed E-state index contributed by atoms with van der Waals surface area (Å²) in [7, 11) is 1.56. The zero-order valence-corrected chi connectivity index (χ0v) is 22.0. The Bertz CT molecular complexity index is 1350. The number of fused-ring (bicyclic) bond motifs is 3. The molecule has 3 fully saturated rings. The summed E-state index contributed by atoms with van der Waals surface area (Å²) in [6, 6.07) is 6.60. The van der Waals surface area contributed by atoms with E-state index in [0.717, 1.165) is 40.8 Å². The Morgan fingerprint density at radius 3 is 2.76 bits per heavy atom. The summed E-state index contributed by atoms with van der Waals surface area (Å²) in [5.41, 5.74) is 2.83. The molecule has 11 heteroatoms. The van der Waals surface area contributed by atoms with Crippen LogP contribution in [-0.2, 0) is 14.3 Å². The Hall–Kier alpha value is -3.31. The largest absolute Gasteiger partial charge is 0.467 e.